The van der Waals surface area contributed by atoms with Crippen molar-refractivity contribution < 1.29 is 80.4 Å². The summed E-state index contributed by atoms with van der Waals surface area (Å²) in [5.41, 5.74) is 34.0. The molecule has 142 heavy (non-hydrogen) atoms. The third kappa shape index (κ3) is 33.6. The number of hydrogen-bond acceptors (Lipinski definition) is 12. The zero-order valence-electron chi connectivity index (χ0n) is 80.2. The average Bonchev–Trinajstić information content (AvgIpc) is 0.797. The van der Waals surface area contributed by atoms with Crippen LogP contribution in [0.4, 0.5) is 0 Å². The molecule has 0 aliphatic carbocycles. The maximum absolute atomic E-state index is 4.51. The summed E-state index contributed by atoms with van der Waals surface area (Å²) in [4.78, 5) is 51.8. The maximum atomic E-state index is 4.51. The molecule has 712 valence electrons. The molecule has 4 radical (unpaired) electrons. The molecule has 8 heterocycles. The molecule has 0 bridgehead atoms. The fraction of sp³-hybridized carbons (Fsp3) is 0.0952. The first-order chi connectivity index (χ1) is 67.6. The smallest absolute Gasteiger partial charge is 0.105 e. The van der Waals surface area contributed by atoms with Crippen LogP contribution in [-0.2, 0) is 92.3 Å². The minimum Gasteiger partial charge on any atom is -0.305 e. The molecule has 0 spiro atoms. The molecular formula is C126H104Ir4N12-8. The van der Waals surface area contributed by atoms with Gasteiger partial charge in [0.25, 0.3) is 0 Å². The molecule has 0 amide bonds. The van der Waals surface area contributed by atoms with Crippen LogP contribution in [0.5, 0.6) is 0 Å². The molecule has 0 unspecified atom stereocenters. The van der Waals surface area contributed by atoms with Crippen molar-refractivity contribution >= 4 is 0 Å². The first kappa shape index (κ1) is 109. The number of benzene rings is 13. The quantitative estimate of drug-likeness (QED) is 0.0897. The maximum Gasteiger partial charge on any atom is 0.105 e. The SMILES string of the molecule is CC(C)(C)c1cc(-c2[c-]cccc2)ncn1.CC(C)Cc1cc(-c2[c-]cccc2)ncn1.Cc1cc(-c2[c-]cccc2)ncn1.Cc1cnc(-c2[c-]ccc(-c3ccccc3)c2)cc1C.Cc1ncnc(-c2[c-]cccc2)c1-c1ccccc1.[Ir].[Ir].[Ir].[Ir].[c-]1cc(-c2ccccc2)ccc1-c1ccccn1.[c-]1ccccc1-c1cc(-c2ccccc2)ccn1.[c-]1ccccc1-c1ccc(-c2ccccc2)cn1. The van der Waals surface area contributed by atoms with Gasteiger partial charge in [-0.3, -0.25) is 19.9 Å². The molecule has 16 heteroatoms. The van der Waals surface area contributed by atoms with Crippen molar-refractivity contribution in [2.75, 3.05) is 0 Å². The van der Waals surface area contributed by atoms with Gasteiger partial charge in [-0.05, 0) is 142 Å². The minimum atomic E-state index is 0. The van der Waals surface area contributed by atoms with E-state index in [0.717, 1.165) is 136 Å². The van der Waals surface area contributed by atoms with E-state index in [1.165, 1.54) is 50.1 Å². The molecule has 12 nitrogen and oxygen atoms in total. The number of pyridine rings is 4. The van der Waals surface area contributed by atoms with E-state index in [9.17, 15) is 0 Å². The Labute approximate surface area is 891 Å². The van der Waals surface area contributed by atoms with Crippen molar-refractivity contribution in [3.05, 3.63) is 533 Å². The third-order valence-electron chi connectivity index (χ3n) is 21.7. The molecule has 0 saturated carbocycles. The Morgan fingerprint density at radius 1 is 0.246 bits per heavy atom. The van der Waals surface area contributed by atoms with E-state index in [2.05, 4.69) is 272 Å². The first-order valence-electron chi connectivity index (χ1n) is 45.7. The summed E-state index contributed by atoms with van der Waals surface area (Å²) in [6, 6.07) is 159. The van der Waals surface area contributed by atoms with Gasteiger partial charge in [0.1, 0.15) is 25.3 Å². The summed E-state index contributed by atoms with van der Waals surface area (Å²) < 4.78 is 0. The first-order valence-corrected chi connectivity index (χ1v) is 45.7. The Kier molecular flexibility index (Phi) is 44.5. The van der Waals surface area contributed by atoms with Crippen molar-refractivity contribution in [1.29, 1.82) is 0 Å². The van der Waals surface area contributed by atoms with Crippen LogP contribution < -0.4 is 0 Å². The van der Waals surface area contributed by atoms with Crippen LogP contribution in [-0.4, -0.2) is 59.8 Å². The molecule has 0 N–H and O–H groups in total. The number of rotatable bonds is 15. The molecule has 0 atom stereocenters. The zero-order valence-corrected chi connectivity index (χ0v) is 89.8. The molecule has 0 fully saturated rings. The topological polar surface area (TPSA) is 155 Å². The number of hydrogen-bond donors (Lipinski definition) is 0. The van der Waals surface area contributed by atoms with E-state index in [1.807, 2.05) is 318 Å². The van der Waals surface area contributed by atoms with Gasteiger partial charge in [0, 0.05) is 133 Å². The molecule has 0 saturated heterocycles. The van der Waals surface area contributed by atoms with E-state index in [-0.39, 0.29) is 85.8 Å². The summed E-state index contributed by atoms with van der Waals surface area (Å²) in [5, 5.41) is 0. The van der Waals surface area contributed by atoms with E-state index in [1.54, 1.807) is 31.5 Å². The number of nitrogens with zero attached hydrogens (tertiary/aromatic N) is 12. The predicted octanol–water partition coefficient (Wildman–Crippen LogP) is 30.0. The summed E-state index contributed by atoms with van der Waals surface area (Å²) in [6.07, 6.45) is 14.9. The molecule has 21 aromatic rings. The number of aryl methyl sites for hydroxylation is 4. The molecule has 0 aliphatic heterocycles. The van der Waals surface area contributed by atoms with Gasteiger partial charge >= 0.3 is 0 Å². The number of aromatic nitrogens is 12. The van der Waals surface area contributed by atoms with Crippen molar-refractivity contribution in [2.45, 2.75) is 74.1 Å². The van der Waals surface area contributed by atoms with Gasteiger partial charge in [-0.2, -0.15) is 0 Å². The Morgan fingerprint density at radius 3 is 1.11 bits per heavy atom. The average molecular weight is 2560 g/mol. The van der Waals surface area contributed by atoms with Gasteiger partial charge in [-0.25, -0.2) is 19.9 Å². The molecule has 21 rings (SSSR count). The second-order valence-electron chi connectivity index (χ2n) is 33.5. The van der Waals surface area contributed by atoms with Crippen molar-refractivity contribution in [3.63, 3.8) is 0 Å². The van der Waals surface area contributed by atoms with Crippen LogP contribution in [0, 0.1) is 82.1 Å². The second-order valence-corrected chi connectivity index (χ2v) is 33.5. The van der Waals surface area contributed by atoms with Crippen LogP contribution in [0.1, 0.15) is 68.5 Å². The summed E-state index contributed by atoms with van der Waals surface area (Å²) >= 11 is 0. The van der Waals surface area contributed by atoms with Gasteiger partial charge < -0.3 is 19.9 Å². The fourth-order valence-corrected chi connectivity index (χ4v) is 14.4. The summed E-state index contributed by atoms with van der Waals surface area (Å²) in [7, 11) is 0. The normalized spacial score (nSPS) is 10.2. The molecular weight excluding hydrogens is 2450 g/mol. The fourth-order valence-electron chi connectivity index (χ4n) is 14.4. The standard InChI is InChI=1S/C19H16N.C17H13N2.3C17H12N.2C14H15N2.C11H9N2.4Ir/c1-14-11-19(20-13-15(14)2)18-10-6-9-17(12-18)16-7-4-3-5-8-16;1-13-16(14-8-4-2-5-9-14)17(19-12-18-13)15-10-6-3-7-11-15;1-3-7-14(8-4-1)16-11-12-18-17(13-16)15-9-5-2-6-10-15;1-3-7-14(8-4-1)16-11-12-17(18-13-16)15-9-5-2-6-10-15;1-2-6-14(7-3-1)15-9-11-16(12-10-15)17-8-4-5-13-18-17;1-14(2,3)13-9-12(15-10-16-13)11-7-5-4-6-8-11;1-11(2)8-13-9-14(16-10-15-13)12-6-4-3-5-7-12;1-9-7-11(13-8-12-9)10-5-3-2-4-6-10;;;;/h3-9,11-13H,1-2H3;2-10,12H,1H3;2*1-9,11-13H;1-11,13H;4-7,9-10H,1-3H3;3-6,9-11H,8H2,1-2H3;2-5,7-8H,1H3;;;;/q8*-1;;;;. The summed E-state index contributed by atoms with van der Waals surface area (Å²) in [5.74, 6) is 0.613. The Hall–Kier alpha value is -14.6. The summed E-state index contributed by atoms with van der Waals surface area (Å²) in [6.45, 7) is 19.0. The third-order valence-corrected chi connectivity index (χ3v) is 21.7. The Morgan fingerprint density at radius 2 is 0.648 bits per heavy atom. The van der Waals surface area contributed by atoms with Crippen molar-refractivity contribution in [1.82, 2.24) is 59.8 Å². The van der Waals surface area contributed by atoms with Crippen LogP contribution in [0.2, 0.25) is 0 Å². The van der Waals surface area contributed by atoms with Gasteiger partial charge in [0.15, 0.2) is 0 Å². The zero-order chi connectivity index (χ0) is 95.7. The minimum absolute atomic E-state index is 0. The van der Waals surface area contributed by atoms with Crippen molar-refractivity contribution in [3.8, 4) is 146 Å². The Bertz CT molecular complexity index is 6920. The van der Waals surface area contributed by atoms with Crippen LogP contribution in [0.3, 0.4) is 0 Å². The Balaban J connectivity index is 0.000000167. The van der Waals surface area contributed by atoms with Gasteiger partial charge in [0.2, 0.25) is 0 Å². The largest absolute Gasteiger partial charge is 0.305 e. The van der Waals surface area contributed by atoms with E-state index >= 15 is 0 Å². The monoisotopic (exact) mass is 2560 g/mol. The molecule has 13 aromatic carbocycles. The van der Waals surface area contributed by atoms with Gasteiger partial charge in [-0.15, -0.1) is 281 Å². The van der Waals surface area contributed by atoms with Crippen LogP contribution in [0.25, 0.3) is 146 Å². The van der Waals surface area contributed by atoms with Crippen LogP contribution >= 0.6 is 0 Å². The molecule has 8 aromatic heterocycles. The predicted molar refractivity (Wildman–Crippen MR) is 563 cm³/mol. The van der Waals surface area contributed by atoms with Crippen LogP contribution in [0.15, 0.2) is 450 Å². The van der Waals surface area contributed by atoms with Gasteiger partial charge in [-0.1, -0.05) is 258 Å². The second kappa shape index (κ2) is 57.8. The van der Waals surface area contributed by atoms with E-state index in [4.69, 9.17) is 0 Å². The van der Waals surface area contributed by atoms with Crippen molar-refractivity contribution in [2.24, 2.45) is 5.92 Å². The molecule has 0 aliphatic rings. The van der Waals surface area contributed by atoms with E-state index in [0.29, 0.717) is 5.92 Å². The van der Waals surface area contributed by atoms with E-state index < -0.39 is 0 Å². The van der Waals surface area contributed by atoms with Gasteiger partial charge in [0.05, 0.1) is 0 Å².